The molecule has 1 aromatic rings. The Kier molecular flexibility index (Phi) is 3.56. The number of rotatable bonds is 1. The van der Waals surface area contributed by atoms with Crippen molar-refractivity contribution >= 4 is 12.4 Å². The zero-order valence-electron chi connectivity index (χ0n) is 6.82. The fourth-order valence-electron chi connectivity index (χ4n) is 1.50. The van der Waals surface area contributed by atoms with Crippen molar-refractivity contribution in [3.8, 4) is 0 Å². The van der Waals surface area contributed by atoms with Crippen molar-refractivity contribution in [2.75, 3.05) is 13.1 Å². The number of oxazole rings is 1. The SMILES string of the molecule is Cl.c1coc(C2CCNCC2)n1. The Balaban J connectivity index is 0.000000720. The molecule has 0 amide bonds. The predicted molar refractivity (Wildman–Crippen MR) is 48.6 cm³/mol. The van der Waals surface area contributed by atoms with E-state index in [2.05, 4.69) is 10.3 Å². The largest absolute Gasteiger partial charge is 0.449 e. The van der Waals surface area contributed by atoms with E-state index in [-0.39, 0.29) is 12.4 Å². The highest BCUT2D eigenvalue weighted by Crippen LogP contribution is 2.22. The van der Waals surface area contributed by atoms with Crippen molar-refractivity contribution in [2.24, 2.45) is 0 Å². The Morgan fingerprint density at radius 1 is 1.42 bits per heavy atom. The van der Waals surface area contributed by atoms with E-state index in [1.165, 1.54) is 0 Å². The molecular weight excluding hydrogens is 176 g/mol. The highest BCUT2D eigenvalue weighted by Gasteiger charge is 2.18. The third-order valence-electron chi connectivity index (χ3n) is 2.14. The number of halogens is 1. The summed E-state index contributed by atoms with van der Waals surface area (Å²) >= 11 is 0. The first-order chi connectivity index (χ1) is 5.47. The molecule has 0 spiro atoms. The maximum absolute atomic E-state index is 5.23. The van der Waals surface area contributed by atoms with Gasteiger partial charge in [0, 0.05) is 5.92 Å². The zero-order valence-corrected chi connectivity index (χ0v) is 7.64. The number of hydrogen-bond donors (Lipinski definition) is 1. The van der Waals surface area contributed by atoms with E-state index in [0.29, 0.717) is 5.92 Å². The van der Waals surface area contributed by atoms with Gasteiger partial charge < -0.3 is 9.73 Å². The zero-order chi connectivity index (χ0) is 7.52. The molecule has 4 heteroatoms. The van der Waals surface area contributed by atoms with Crippen LogP contribution in [0.25, 0.3) is 0 Å². The third-order valence-corrected chi connectivity index (χ3v) is 2.14. The molecule has 1 aliphatic heterocycles. The molecule has 1 aliphatic rings. The second kappa shape index (κ2) is 4.48. The van der Waals surface area contributed by atoms with Crippen LogP contribution in [0.5, 0.6) is 0 Å². The Morgan fingerprint density at radius 3 is 2.75 bits per heavy atom. The molecule has 12 heavy (non-hydrogen) atoms. The van der Waals surface area contributed by atoms with Gasteiger partial charge in [0.25, 0.3) is 0 Å². The summed E-state index contributed by atoms with van der Waals surface area (Å²) in [6.45, 7) is 2.18. The molecule has 0 bridgehead atoms. The van der Waals surface area contributed by atoms with E-state index in [0.717, 1.165) is 31.8 Å². The quantitative estimate of drug-likeness (QED) is 0.727. The fraction of sp³-hybridized carbons (Fsp3) is 0.625. The van der Waals surface area contributed by atoms with Gasteiger partial charge in [-0.1, -0.05) is 0 Å². The van der Waals surface area contributed by atoms with Gasteiger partial charge in [0.15, 0.2) is 5.89 Å². The number of nitrogens with zero attached hydrogens (tertiary/aromatic N) is 1. The number of hydrogen-bond acceptors (Lipinski definition) is 3. The van der Waals surface area contributed by atoms with Crippen LogP contribution in [0.1, 0.15) is 24.7 Å². The van der Waals surface area contributed by atoms with E-state index in [1.54, 1.807) is 12.5 Å². The molecule has 0 unspecified atom stereocenters. The minimum Gasteiger partial charge on any atom is -0.449 e. The number of piperidine rings is 1. The van der Waals surface area contributed by atoms with Gasteiger partial charge in [-0.15, -0.1) is 12.4 Å². The van der Waals surface area contributed by atoms with Crippen molar-refractivity contribution < 1.29 is 4.42 Å². The first kappa shape index (κ1) is 9.55. The van der Waals surface area contributed by atoms with Crippen LogP contribution in [0.4, 0.5) is 0 Å². The molecule has 0 aliphatic carbocycles. The molecule has 1 N–H and O–H groups in total. The van der Waals surface area contributed by atoms with Crippen LogP contribution in [0, 0.1) is 0 Å². The summed E-state index contributed by atoms with van der Waals surface area (Å²) in [6, 6.07) is 0. The van der Waals surface area contributed by atoms with Gasteiger partial charge in [0.05, 0.1) is 6.20 Å². The van der Waals surface area contributed by atoms with Crippen LogP contribution in [-0.2, 0) is 0 Å². The normalized spacial score (nSPS) is 18.7. The summed E-state index contributed by atoms with van der Waals surface area (Å²) in [6.07, 6.45) is 5.68. The van der Waals surface area contributed by atoms with E-state index >= 15 is 0 Å². The van der Waals surface area contributed by atoms with Crippen molar-refractivity contribution in [1.82, 2.24) is 10.3 Å². The molecule has 0 radical (unpaired) electrons. The lowest BCUT2D eigenvalue weighted by Crippen LogP contribution is -2.26. The average molecular weight is 189 g/mol. The minimum atomic E-state index is 0. The van der Waals surface area contributed by atoms with Crippen LogP contribution in [0.15, 0.2) is 16.9 Å². The van der Waals surface area contributed by atoms with Gasteiger partial charge in [-0.25, -0.2) is 4.98 Å². The number of nitrogens with one attached hydrogen (secondary N) is 1. The Morgan fingerprint density at radius 2 is 2.17 bits per heavy atom. The maximum Gasteiger partial charge on any atom is 0.197 e. The topological polar surface area (TPSA) is 38.1 Å². The average Bonchev–Trinajstić information content (AvgIpc) is 2.58. The second-order valence-corrected chi connectivity index (χ2v) is 2.89. The summed E-state index contributed by atoms with van der Waals surface area (Å²) < 4.78 is 5.23. The van der Waals surface area contributed by atoms with Gasteiger partial charge >= 0.3 is 0 Å². The van der Waals surface area contributed by atoms with Gasteiger partial charge in [-0.05, 0) is 25.9 Å². The first-order valence-electron chi connectivity index (χ1n) is 4.07. The summed E-state index contributed by atoms with van der Waals surface area (Å²) in [5.41, 5.74) is 0. The van der Waals surface area contributed by atoms with E-state index < -0.39 is 0 Å². The summed E-state index contributed by atoms with van der Waals surface area (Å²) in [5.74, 6) is 1.46. The van der Waals surface area contributed by atoms with E-state index in [1.807, 2.05) is 0 Å². The third kappa shape index (κ3) is 1.99. The lowest BCUT2D eigenvalue weighted by molar-refractivity contribution is 0.374. The van der Waals surface area contributed by atoms with Crippen LogP contribution in [0.3, 0.4) is 0 Å². The summed E-state index contributed by atoms with van der Waals surface area (Å²) in [7, 11) is 0. The Bertz CT molecular complexity index is 207. The molecule has 0 atom stereocenters. The molecule has 1 saturated heterocycles. The molecule has 3 nitrogen and oxygen atoms in total. The molecule has 2 heterocycles. The molecule has 1 fully saturated rings. The monoisotopic (exact) mass is 188 g/mol. The lowest BCUT2D eigenvalue weighted by atomic mass is 9.98. The van der Waals surface area contributed by atoms with Crippen molar-refractivity contribution in [2.45, 2.75) is 18.8 Å². The molecule has 0 aromatic carbocycles. The minimum absolute atomic E-state index is 0. The highest BCUT2D eigenvalue weighted by atomic mass is 35.5. The molecule has 2 rings (SSSR count). The van der Waals surface area contributed by atoms with Gasteiger partial charge in [-0.3, -0.25) is 0 Å². The van der Waals surface area contributed by atoms with E-state index in [4.69, 9.17) is 4.42 Å². The summed E-state index contributed by atoms with van der Waals surface area (Å²) in [4.78, 5) is 4.15. The van der Waals surface area contributed by atoms with Crippen LogP contribution < -0.4 is 5.32 Å². The van der Waals surface area contributed by atoms with E-state index in [9.17, 15) is 0 Å². The molecular formula is C8H13ClN2O. The lowest BCUT2D eigenvalue weighted by Gasteiger charge is -2.19. The highest BCUT2D eigenvalue weighted by molar-refractivity contribution is 5.85. The molecule has 1 aromatic heterocycles. The van der Waals surface area contributed by atoms with Crippen molar-refractivity contribution in [3.05, 3.63) is 18.4 Å². The van der Waals surface area contributed by atoms with Crippen LogP contribution >= 0.6 is 12.4 Å². The van der Waals surface area contributed by atoms with Gasteiger partial charge in [0.2, 0.25) is 0 Å². The first-order valence-corrected chi connectivity index (χ1v) is 4.07. The Hall–Kier alpha value is -0.540. The maximum atomic E-state index is 5.23. The predicted octanol–water partition coefficient (Wildman–Crippen LogP) is 1.56. The molecule has 68 valence electrons. The smallest absolute Gasteiger partial charge is 0.197 e. The van der Waals surface area contributed by atoms with Gasteiger partial charge in [0.1, 0.15) is 6.26 Å². The Labute approximate surface area is 78.0 Å². The van der Waals surface area contributed by atoms with Crippen LogP contribution in [-0.4, -0.2) is 18.1 Å². The van der Waals surface area contributed by atoms with Crippen molar-refractivity contribution in [3.63, 3.8) is 0 Å². The molecule has 0 saturated carbocycles. The summed E-state index contributed by atoms with van der Waals surface area (Å²) in [5, 5.41) is 3.31. The standard InChI is InChI=1S/C8H12N2O.ClH/c1-3-9-4-2-7(1)8-10-5-6-11-8;/h5-7,9H,1-4H2;1H. The fourth-order valence-corrected chi connectivity index (χ4v) is 1.50. The van der Waals surface area contributed by atoms with Crippen LogP contribution in [0.2, 0.25) is 0 Å². The van der Waals surface area contributed by atoms with Gasteiger partial charge in [-0.2, -0.15) is 0 Å². The number of aromatic nitrogens is 1. The second-order valence-electron chi connectivity index (χ2n) is 2.89. The van der Waals surface area contributed by atoms with Crippen molar-refractivity contribution in [1.29, 1.82) is 0 Å².